The van der Waals surface area contributed by atoms with Crippen LogP contribution in [0.3, 0.4) is 0 Å². The van der Waals surface area contributed by atoms with Gasteiger partial charge in [-0.25, -0.2) is 0 Å². The third kappa shape index (κ3) is 2.23. The summed E-state index contributed by atoms with van der Waals surface area (Å²) in [5.74, 6) is 0. The summed E-state index contributed by atoms with van der Waals surface area (Å²) in [6, 6.07) is 18.5. The molecule has 0 bridgehead atoms. The molecule has 3 rings (SSSR count). The standard InChI is InChI=1S/C17H16N2/c1-12-11-14(9-10-19-12)17(18)16-8-4-6-13-5-2-3-7-15(13)16/h2-11,17H,18H2,1H3. The van der Waals surface area contributed by atoms with Crippen LogP contribution in [0.5, 0.6) is 0 Å². The molecule has 1 heterocycles. The summed E-state index contributed by atoms with van der Waals surface area (Å²) in [6.07, 6.45) is 1.82. The summed E-state index contributed by atoms with van der Waals surface area (Å²) in [5.41, 5.74) is 9.67. The van der Waals surface area contributed by atoms with Crippen molar-refractivity contribution >= 4 is 10.8 Å². The summed E-state index contributed by atoms with van der Waals surface area (Å²) in [7, 11) is 0. The number of nitrogens with zero attached hydrogens (tertiary/aromatic N) is 1. The Bertz CT molecular complexity index is 714. The van der Waals surface area contributed by atoms with Crippen molar-refractivity contribution in [2.24, 2.45) is 5.73 Å². The van der Waals surface area contributed by atoms with E-state index in [1.165, 1.54) is 10.8 Å². The lowest BCUT2D eigenvalue weighted by Gasteiger charge is -2.15. The van der Waals surface area contributed by atoms with E-state index in [1.54, 1.807) is 0 Å². The number of hydrogen-bond donors (Lipinski definition) is 1. The van der Waals surface area contributed by atoms with Crippen molar-refractivity contribution in [3.05, 3.63) is 77.6 Å². The monoisotopic (exact) mass is 248 g/mol. The van der Waals surface area contributed by atoms with Crippen molar-refractivity contribution in [1.82, 2.24) is 4.98 Å². The predicted molar refractivity (Wildman–Crippen MR) is 79.0 cm³/mol. The second-order valence-electron chi connectivity index (χ2n) is 4.78. The molecule has 0 aliphatic rings. The number of aromatic nitrogens is 1. The maximum atomic E-state index is 6.42. The Balaban J connectivity index is 2.14. The quantitative estimate of drug-likeness (QED) is 0.752. The molecule has 1 aromatic heterocycles. The summed E-state index contributed by atoms with van der Waals surface area (Å²) in [4.78, 5) is 4.22. The zero-order valence-corrected chi connectivity index (χ0v) is 10.9. The van der Waals surface area contributed by atoms with E-state index in [0.29, 0.717) is 0 Å². The zero-order chi connectivity index (χ0) is 13.2. The number of aryl methyl sites for hydroxylation is 1. The van der Waals surface area contributed by atoms with Crippen LogP contribution in [0.15, 0.2) is 60.8 Å². The van der Waals surface area contributed by atoms with Crippen LogP contribution in [0.4, 0.5) is 0 Å². The van der Waals surface area contributed by atoms with E-state index < -0.39 is 0 Å². The molecule has 0 aliphatic heterocycles. The van der Waals surface area contributed by atoms with Gasteiger partial charge in [-0.3, -0.25) is 4.98 Å². The molecule has 2 N–H and O–H groups in total. The first kappa shape index (κ1) is 11.9. The minimum Gasteiger partial charge on any atom is -0.320 e. The molecule has 0 spiro atoms. The number of nitrogens with two attached hydrogens (primary N) is 1. The Morgan fingerprint density at radius 1 is 1.00 bits per heavy atom. The van der Waals surface area contributed by atoms with Crippen LogP contribution in [0.1, 0.15) is 22.9 Å². The fourth-order valence-electron chi connectivity index (χ4n) is 2.46. The summed E-state index contributed by atoms with van der Waals surface area (Å²) < 4.78 is 0. The molecule has 0 radical (unpaired) electrons. The largest absolute Gasteiger partial charge is 0.320 e. The molecule has 2 nitrogen and oxygen atoms in total. The van der Waals surface area contributed by atoms with E-state index in [4.69, 9.17) is 5.73 Å². The molecule has 0 saturated carbocycles. The van der Waals surface area contributed by atoms with Gasteiger partial charge in [-0.1, -0.05) is 42.5 Å². The first-order valence-corrected chi connectivity index (χ1v) is 6.41. The topological polar surface area (TPSA) is 38.9 Å². The van der Waals surface area contributed by atoms with E-state index in [9.17, 15) is 0 Å². The highest BCUT2D eigenvalue weighted by atomic mass is 14.7. The van der Waals surface area contributed by atoms with Crippen LogP contribution < -0.4 is 5.73 Å². The third-order valence-electron chi connectivity index (χ3n) is 3.44. The smallest absolute Gasteiger partial charge is 0.0559 e. The zero-order valence-electron chi connectivity index (χ0n) is 10.9. The second kappa shape index (κ2) is 4.82. The van der Waals surface area contributed by atoms with Crippen LogP contribution in [0.2, 0.25) is 0 Å². The van der Waals surface area contributed by atoms with Gasteiger partial charge in [0.2, 0.25) is 0 Å². The summed E-state index contributed by atoms with van der Waals surface area (Å²) >= 11 is 0. The molecular weight excluding hydrogens is 232 g/mol. The van der Waals surface area contributed by atoms with Gasteiger partial charge < -0.3 is 5.73 Å². The fraction of sp³-hybridized carbons (Fsp3) is 0.118. The number of hydrogen-bond acceptors (Lipinski definition) is 2. The lowest BCUT2D eigenvalue weighted by Crippen LogP contribution is -2.12. The number of fused-ring (bicyclic) bond motifs is 1. The van der Waals surface area contributed by atoms with Gasteiger partial charge in [0, 0.05) is 11.9 Å². The van der Waals surface area contributed by atoms with Crippen molar-refractivity contribution in [2.45, 2.75) is 13.0 Å². The van der Waals surface area contributed by atoms with Crippen molar-refractivity contribution < 1.29 is 0 Å². The molecule has 1 atom stereocenters. The van der Waals surface area contributed by atoms with Crippen LogP contribution >= 0.6 is 0 Å². The van der Waals surface area contributed by atoms with Gasteiger partial charge in [-0.05, 0) is 41.0 Å². The molecule has 1 unspecified atom stereocenters. The highest BCUT2D eigenvalue weighted by molar-refractivity contribution is 5.86. The molecule has 3 aromatic rings. The maximum absolute atomic E-state index is 6.42. The Morgan fingerprint density at radius 2 is 1.79 bits per heavy atom. The molecule has 0 aliphatic carbocycles. The van der Waals surface area contributed by atoms with Crippen molar-refractivity contribution in [2.75, 3.05) is 0 Å². The van der Waals surface area contributed by atoms with Gasteiger partial charge in [0.1, 0.15) is 0 Å². The summed E-state index contributed by atoms with van der Waals surface area (Å²) in [6.45, 7) is 1.99. The van der Waals surface area contributed by atoms with Gasteiger partial charge in [0.15, 0.2) is 0 Å². The normalized spacial score (nSPS) is 12.5. The third-order valence-corrected chi connectivity index (χ3v) is 3.44. The summed E-state index contributed by atoms with van der Waals surface area (Å²) in [5, 5.41) is 2.44. The highest BCUT2D eigenvalue weighted by Crippen LogP contribution is 2.27. The van der Waals surface area contributed by atoms with Crippen molar-refractivity contribution in [3.8, 4) is 0 Å². The molecule has 2 heteroatoms. The van der Waals surface area contributed by atoms with Crippen LogP contribution in [0, 0.1) is 6.92 Å². The van der Waals surface area contributed by atoms with E-state index in [0.717, 1.165) is 16.8 Å². The van der Waals surface area contributed by atoms with Gasteiger partial charge in [0.25, 0.3) is 0 Å². The molecular formula is C17H16N2. The Kier molecular flexibility index (Phi) is 3.02. The Morgan fingerprint density at radius 3 is 2.63 bits per heavy atom. The molecule has 0 saturated heterocycles. The SMILES string of the molecule is Cc1cc(C(N)c2cccc3ccccc23)ccn1. The molecule has 0 fully saturated rings. The molecule has 2 aromatic carbocycles. The maximum Gasteiger partial charge on any atom is 0.0559 e. The van der Waals surface area contributed by atoms with Crippen molar-refractivity contribution in [1.29, 1.82) is 0 Å². The number of rotatable bonds is 2. The van der Waals surface area contributed by atoms with Gasteiger partial charge >= 0.3 is 0 Å². The molecule has 19 heavy (non-hydrogen) atoms. The van der Waals surface area contributed by atoms with Gasteiger partial charge in [-0.2, -0.15) is 0 Å². The first-order chi connectivity index (χ1) is 9.25. The van der Waals surface area contributed by atoms with Gasteiger partial charge in [0.05, 0.1) is 6.04 Å². The predicted octanol–water partition coefficient (Wildman–Crippen LogP) is 3.59. The van der Waals surface area contributed by atoms with E-state index >= 15 is 0 Å². The highest BCUT2D eigenvalue weighted by Gasteiger charge is 2.11. The molecule has 94 valence electrons. The first-order valence-electron chi connectivity index (χ1n) is 6.41. The average Bonchev–Trinajstić information content (AvgIpc) is 2.46. The molecule has 0 amide bonds. The van der Waals surface area contributed by atoms with E-state index in [1.807, 2.05) is 31.3 Å². The minimum absolute atomic E-state index is 0.118. The van der Waals surface area contributed by atoms with Crippen molar-refractivity contribution in [3.63, 3.8) is 0 Å². The Labute approximate surface area is 112 Å². The van der Waals surface area contributed by atoms with E-state index in [2.05, 4.69) is 41.4 Å². The van der Waals surface area contributed by atoms with E-state index in [-0.39, 0.29) is 6.04 Å². The van der Waals surface area contributed by atoms with Gasteiger partial charge in [-0.15, -0.1) is 0 Å². The minimum atomic E-state index is -0.118. The lowest BCUT2D eigenvalue weighted by atomic mass is 9.94. The van der Waals surface area contributed by atoms with Crippen LogP contribution in [-0.4, -0.2) is 4.98 Å². The second-order valence-corrected chi connectivity index (χ2v) is 4.78. The van der Waals surface area contributed by atoms with Crippen LogP contribution in [0.25, 0.3) is 10.8 Å². The lowest BCUT2D eigenvalue weighted by molar-refractivity contribution is 0.873. The van der Waals surface area contributed by atoms with Crippen LogP contribution in [-0.2, 0) is 0 Å². The Hall–Kier alpha value is -2.19. The fourth-order valence-corrected chi connectivity index (χ4v) is 2.46. The average molecular weight is 248 g/mol. The number of benzene rings is 2. The number of pyridine rings is 1.